The lowest BCUT2D eigenvalue weighted by Crippen LogP contribution is -2.30. The van der Waals surface area contributed by atoms with Gasteiger partial charge in [-0.2, -0.15) is 10.5 Å². The molecule has 138 valence electrons. The first-order valence-electron chi connectivity index (χ1n) is 9.09. The molecule has 4 heteroatoms. The van der Waals surface area contributed by atoms with Crippen LogP contribution in [0.15, 0.2) is 84.9 Å². The Morgan fingerprint density at radius 1 is 0.571 bits per heavy atom. The van der Waals surface area contributed by atoms with Crippen molar-refractivity contribution in [2.75, 3.05) is 10.6 Å². The third kappa shape index (κ3) is 3.98. The summed E-state index contributed by atoms with van der Waals surface area (Å²) in [7, 11) is 0. The zero-order valence-corrected chi connectivity index (χ0v) is 16.0. The topological polar surface area (TPSA) is 71.6 Å². The predicted octanol–water partition coefficient (Wildman–Crippen LogP) is 5.39. The number of rotatable bonds is 6. The molecule has 2 N–H and O–H groups in total. The van der Waals surface area contributed by atoms with E-state index in [9.17, 15) is 10.5 Å². The molecule has 0 spiro atoms. The van der Waals surface area contributed by atoms with Crippen LogP contribution >= 0.6 is 0 Å². The lowest BCUT2D eigenvalue weighted by Gasteiger charge is -2.27. The van der Waals surface area contributed by atoms with Crippen LogP contribution in [0.1, 0.15) is 25.0 Å². The van der Waals surface area contributed by atoms with Crippen molar-refractivity contribution < 1.29 is 0 Å². The van der Waals surface area contributed by atoms with Crippen molar-refractivity contribution in [3.05, 3.63) is 96.1 Å². The van der Waals surface area contributed by atoms with Gasteiger partial charge >= 0.3 is 0 Å². The van der Waals surface area contributed by atoms with Crippen LogP contribution in [0.3, 0.4) is 0 Å². The van der Waals surface area contributed by atoms with Crippen LogP contribution in [0.2, 0.25) is 0 Å². The smallest absolute Gasteiger partial charge is 0.148 e. The molecule has 0 saturated carbocycles. The molecular formula is C24H22N4. The van der Waals surface area contributed by atoms with Crippen LogP contribution in [0.5, 0.6) is 0 Å². The van der Waals surface area contributed by atoms with Gasteiger partial charge in [0.05, 0.1) is 12.1 Å². The van der Waals surface area contributed by atoms with Gasteiger partial charge in [-0.05, 0) is 49.2 Å². The third-order valence-electron chi connectivity index (χ3n) is 4.82. The minimum absolute atomic E-state index is 0.830. The Morgan fingerprint density at radius 2 is 0.893 bits per heavy atom. The Kier molecular flexibility index (Phi) is 5.34. The largest absolute Gasteiger partial charge is 0.364 e. The summed E-state index contributed by atoms with van der Waals surface area (Å²) in [6, 6.07) is 31.6. The average Bonchev–Trinajstić information content (AvgIpc) is 2.76. The SMILES string of the molecule is CC(C#N)(Nc1ccc(NC(C)(C#N)c2ccccc2)cc1)c1ccccc1. The molecule has 0 heterocycles. The maximum absolute atomic E-state index is 9.70. The van der Waals surface area contributed by atoms with Crippen LogP contribution < -0.4 is 10.6 Å². The minimum Gasteiger partial charge on any atom is -0.364 e. The fraction of sp³-hybridized carbons (Fsp3) is 0.167. The summed E-state index contributed by atoms with van der Waals surface area (Å²) >= 11 is 0. The molecule has 0 radical (unpaired) electrons. The van der Waals surface area contributed by atoms with Crippen LogP contribution in [-0.2, 0) is 11.1 Å². The van der Waals surface area contributed by atoms with Gasteiger partial charge in [0.2, 0.25) is 0 Å². The molecule has 28 heavy (non-hydrogen) atoms. The van der Waals surface area contributed by atoms with Gasteiger partial charge in [-0.3, -0.25) is 0 Å². The van der Waals surface area contributed by atoms with Gasteiger partial charge in [-0.1, -0.05) is 60.7 Å². The van der Waals surface area contributed by atoms with Crippen molar-refractivity contribution in [2.45, 2.75) is 24.9 Å². The van der Waals surface area contributed by atoms with Crippen molar-refractivity contribution in [1.82, 2.24) is 0 Å². The van der Waals surface area contributed by atoms with E-state index in [1.165, 1.54) is 0 Å². The number of anilines is 2. The Hall–Kier alpha value is -3.76. The number of benzene rings is 3. The molecule has 0 bridgehead atoms. The molecule has 0 fully saturated rings. The molecule has 3 aromatic rings. The molecule has 0 aliphatic heterocycles. The van der Waals surface area contributed by atoms with Crippen LogP contribution in [0.4, 0.5) is 11.4 Å². The third-order valence-corrected chi connectivity index (χ3v) is 4.82. The molecule has 0 aliphatic carbocycles. The molecule has 0 aliphatic rings. The second-order valence-electron chi connectivity index (χ2n) is 7.03. The monoisotopic (exact) mass is 366 g/mol. The maximum Gasteiger partial charge on any atom is 0.148 e. The Morgan fingerprint density at radius 3 is 1.18 bits per heavy atom. The van der Waals surface area contributed by atoms with Crippen LogP contribution in [-0.4, -0.2) is 0 Å². The Bertz CT molecular complexity index is 916. The van der Waals surface area contributed by atoms with Crippen LogP contribution in [0.25, 0.3) is 0 Å². The number of nitrogens with one attached hydrogen (secondary N) is 2. The van der Waals surface area contributed by atoms with E-state index in [1.807, 2.05) is 98.8 Å². The van der Waals surface area contributed by atoms with E-state index >= 15 is 0 Å². The lowest BCUT2D eigenvalue weighted by atomic mass is 9.93. The number of nitrogens with zero attached hydrogens (tertiary/aromatic N) is 2. The number of nitriles is 2. The Labute approximate surface area is 166 Å². The summed E-state index contributed by atoms with van der Waals surface area (Å²) in [5.74, 6) is 0. The van der Waals surface area contributed by atoms with Crippen LogP contribution in [0, 0.1) is 22.7 Å². The van der Waals surface area contributed by atoms with Gasteiger partial charge in [0, 0.05) is 11.4 Å². The first kappa shape index (κ1) is 19.0. The molecule has 2 unspecified atom stereocenters. The van der Waals surface area contributed by atoms with Gasteiger partial charge in [-0.15, -0.1) is 0 Å². The van der Waals surface area contributed by atoms with Gasteiger partial charge in [0.25, 0.3) is 0 Å². The highest BCUT2D eigenvalue weighted by atomic mass is 15.0. The standard InChI is InChI=1S/C24H22N4/c1-23(17-25,19-9-5-3-6-10-19)27-21-13-15-22(16-14-21)28-24(2,18-26)20-11-7-4-8-12-20/h3-16,27-28H,1-2H3. The van der Waals surface area contributed by atoms with Crippen molar-refractivity contribution in [2.24, 2.45) is 0 Å². The molecule has 3 aromatic carbocycles. The van der Waals surface area contributed by atoms with Gasteiger partial charge in [-0.25, -0.2) is 0 Å². The average molecular weight is 366 g/mol. The molecule has 2 atom stereocenters. The van der Waals surface area contributed by atoms with Gasteiger partial charge in [0.15, 0.2) is 0 Å². The first-order chi connectivity index (χ1) is 13.5. The lowest BCUT2D eigenvalue weighted by molar-refractivity contribution is 0.704. The fourth-order valence-electron chi connectivity index (χ4n) is 3.09. The van der Waals surface area contributed by atoms with Crippen molar-refractivity contribution >= 4 is 11.4 Å². The van der Waals surface area contributed by atoms with E-state index in [-0.39, 0.29) is 0 Å². The first-order valence-corrected chi connectivity index (χ1v) is 9.09. The number of hydrogen-bond acceptors (Lipinski definition) is 4. The highest BCUT2D eigenvalue weighted by Gasteiger charge is 2.27. The minimum atomic E-state index is -0.832. The molecular weight excluding hydrogens is 344 g/mol. The summed E-state index contributed by atoms with van der Waals surface area (Å²) in [5, 5.41) is 26.0. The molecule has 3 rings (SSSR count). The number of hydrogen-bond donors (Lipinski definition) is 2. The maximum atomic E-state index is 9.70. The van der Waals surface area contributed by atoms with Gasteiger partial charge < -0.3 is 10.6 Å². The summed E-state index contributed by atoms with van der Waals surface area (Å²) in [5.41, 5.74) is 1.80. The van der Waals surface area contributed by atoms with E-state index in [2.05, 4.69) is 22.8 Å². The highest BCUT2D eigenvalue weighted by Crippen LogP contribution is 2.29. The summed E-state index contributed by atoms with van der Waals surface area (Å²) < 4.78 is 0. The van der Waals surface area contributed by atoms with Gasteiger partial charge in [0.1, 0.15) is 11.1 Å². The Balaban J connectivity index is 1.79. The van der Waals surface area contributed by atoms with Crippen molar-refractivity contribution in [1.29, 1.82) is 10.5 Å². The van der Waals surface area contributed by atoms with E-state index < -0.39 is 11.1 Å². The fourth-order valence-corrected chi connectivity index (χ4v) is 3.09. The predicted molar refractivity (Wildman–Crippen MR) is 113 cm³/mol. The van der Waals surface area contributed by atoms with E-state index in [4.69, 9.17) is 0 Å². The summed E-state index contributed by atoms with van der Waals surface area (Å²) in [6.07, 6.45) is 0. The summed E-state index contributed by atoms with van der Waals surface area (Å²) in [4.78, 5) is 0. The zero-order valence-electron chi connectivity index (χ0n) is 16.0. The van der Waals surface area contributed by atoms with Crippen molar-refractivity contribution in [3.8, 4) is 12.1 Å². The summed E-state index contributed by atoms with van der Waals surface area (Å²) in [6.45, 7) is 3.72. The molecule has 0 aromatic heterocycles. The zero-order chi connectivity index (χ0) is 20.0. The van der Waals surface area contributed by atoms with Crippen molar-refractivity contribution in [3.63, 3.8) is 0 Å². The molecule has 0 amide bonds. The molecule has 0 saturated heterocycles. The highest BCUT2D eigenvalue weighted by molar-refractivity contribution is 5.59. The normalized spacial score (nSPS) is 14.6. The van der Waals surface area contributed by atoms with E-state index in [1.54, 1.807) is 0 Å². The second-order valence-corrected chi connectivity index (χ2v) is 7.03. The van der Waals surface area contributed by atoms with E-state index in [0.717, 1.165) is 22.5 Å². The van der Waals surface area contributed by atoms with E-state index in [0.29, 0.717) is 0 Å². The second kappa shape index (κ2) is 7.86. The quantitative estimate of drug-likeness (QED) is 0.614. The molecule has 4 nitrogen and oxygen atoms in total.